The Kier molecular flexibility index (Phi) is 3.50. The first-order valence-corrected chi connectivity index (χ1v) is 5.84. The molecule has 0 aliphatic carbocycles. The Morgan fingerprint density at radius 3 is 2.89 bits per heavy atom. The zero-order chi connectivity index (χ0) is 14.0. The largest absolute Gasteiger partial charge is 0.481 e. The summed E-state index contributed by atoms with van der Waals surface area (Å²) in [5, 5.41) is 19.3. The molecule has 8 heteroatoms. The maximum absolute atomic E-state index is 12.2. The first-order chi connectivity index (χ1) is 8.99. The van der Waals surface area contributed by atoms with Gasteiger partial charge < -0.3 is 15.0 Å². The smallest absolute Gasteiger partial charge is 0.305 e. The highest BCUT2D eigenvalue weighted by atomic mass is 16.6. The van der Waals surface area contributed by atoms with Crippen LogP contribution in [0.3, 0.4) is 0 Å². The molecule has 1 amide bonds. The summed E-state index contributed by atoms with van der Waals surface area (Å²) in [4.78, 5) is 36.9. The number of nitrogens with zero attached hydrogens (tertiary/aromatic N) is 2. The van der Waals surface area contributed by atoms with Crippen molar-refractivity contribution in [1.82, 2.24) is 9.88 Å². The van der Waals surface area contributed by atoms with Gasteiger partial charge in [-0.2, -0.15) is 0 Å². The number of carbonyl (C=O) groups excluding carboxylic acids is 1. The summed E-state index contributed by atoms with van der Waals surface area (Å²) in [7, 11) is 0. The van der Waals surface area contributed by atoms with Crippen molar-refractivity contribution in [1.29, 1.82) is 0 Å². The first kappa shape index (κ1) is 13.1. The number of aromatic nitrogens is 1. The number of likely N-dealkylation sites (tertiary alicyclic amines) is 1. The monoisotopic (exact) mass is 267 g/mol. The van der Waals surface area contributed by atoms with E-state index in [1.165, 1.54) is 11.0 Å². The fourth-order valence-corrected chi connectivity index (χ4v) is 2.28. The first-order valence-electron chi connectivity index (χ1n) is 5.84. The average molecular weight is 267 g/mol. The molecule has 2 N–H and O–H groups in total. The summed E-state index contributed by atoms with van der Waals surface area (Å²) in [6.45, 7) is 0.476. The van der Waals surface area contributed by atoms with Gasteiger partial charge in [0.2, 0.25) is 0 Å². The maximum Gasteiger partial charge on any atom is 0.305 e. The zero-order valence-corrected chi connectivity index (χ0v) is 10.0. The highest BCUT2D eigenvalue weighted by molar-refractivity contribution is 5.93. The number of hydrogen-bond acceptors (Lipinski definition) is 4. The van der Waals surface area contributed by atoms with E-state index in [9.17, 15) is 19.7 Å². The van der Waals surface area contributed by atoms with Crippen LogP contribution in [0.4, 0.5) is 5.69 Å². The molecule has 2 heterocycles. The molecule has 2 rings (SSSR count). The third-order valence-corrected chi connectivity index (χ3v) is 3.16. The van der Waals surface area contributed by atoms with Gasteiger partial charge in [0.25, 0.3) is 11.6 Å². The molecule has 1 aliphatic heterocycles. The quantitative estimate of drug-likeness (QED) is 0.623. The summed E-state index contributed by atoms with van der Waals surface area (Å²) >= 11 is 0. The molecule has 1 saturated heterocycles. The number of amides is 1. The number of carboxylic acids is 1. The van der Waals surface area contributed by atoms with Crippen LogP contribution >= 0.6 is 0 Å². The van der Waals surface area contributed by atoms with Gasteiger partial charge in [0.15, 0.2) is 0 Å². The molecule has 1 aromatic rings. The summed E-state index contributed by atoms with van der Waals surface area (Å²) in [5.41, 5.74) is -0.0682. The van der Waals surface area contributed by atoms with Crippen LogP contribution in [-0.2, 0) is 4.79 Å². The minimum atomic E-state index is -0.956. The molecule has 1 aliphatic rings. The summed E-state index contributed by atoms with van der Waals surface area (Å²) < 4.78 is 0. The number of hydrogen-bond donors (Lipinski definition) is 2. The summed E-state index contributed by atoms with van der Waals surface area (Å²) in [5.74, 6) is -1.35. The van der Waals surface area contributed by atoms with Crippen LogP contribution < -0.4 is 0 Å². The molecule has 0 bridgehead atoms. The zero-order valence-electron chi connectivity index (χ0n) is 10.0. The van der Waals surface area contributed by atoms with E-state index >= 15 is 0 Å². The number of carboxylic acid groups (broad SMARTS) is 1. The van der Waals surface area contributed by atoms with Crippen molar-refractivity contribution < 1.29 is 19.6 Å². The molecule has 102 valence electrons. The fourth-order valence-electron chi connectivity index (χ4n) is 2.28. The lowest BCUT2D eigenvalue weighted by molar-refractivity contribution is -0.384. The predicted octanol–water partition coefficient (Wildman–Crippen LogP) is 1.00. The van der Waals surface area contributed by atoms with Crippen molar-refractivity contribution in [3.8, 4) is 0 Å². The second-order valence-electron chi connectivity index (χ2n) is 4.42. The average Bonchev–Trinajstić information content (AvgIpc) is 2.95. The number of rotatable bonds is 4. The van der Waals surface area contributed by atoms with Gasteiger partial charge >= 0.3 is 5.97 Å². The molecule has 0 radical (unpaired) electrons. The molecule has 1 fully saturated rings. The van der Waals surface area contributed by atoms with E-state index in [2.05, 4.69) is 4.98 Å². The normalized spacial score (nSPS) is 18.5. The van der Waals surface area contributed by atoms with Gasteiger partial charge in [-0.3, -0.25) is 19.7 Å². The second kappa shape index (κ2) is 5.09. The van der Waals surface area contributed by atoms with Crippen molar-refractivity contribution in [2.75, 3.05) is 6.54 Å². The van der Waals surface area contributed by atoms with Gasteiger partial charge in [-0.1, -0.05) is 0 Å². The summed E-state index contributed by atoms with van der Waals surface area (Å²) in [6, 6.07) is 0.825. The minimum absolute atomic E-state index is 0.103. The van der Waals surface area contributed by atoms with Gasteiger partial charge in [0.1, 0.15) is 5.69 Å². The molecule has 8 nitrogen and oxygen atoms in total. The number of H-pyrrole nitrogens is 1. The number of aromatic amines is 1. The second-order valence-corrected chi connectivity index (χ2v) is 4.42. The third kappa shape index (κ3) is 2.72. The standard InChI is InChI=1S/C11H13N3O5/c15-10(16)5-7-2-1-3-13(7)11(17)9-4-8(6-12-9)14(18)19/h4,6-7,12H,1-3,5H2,(H,15,16). The minimum Gasteiger partial charge on any atom is -0.481 e. The SMILES string of the molecule is O=C(O)CC1CCCN1C(=O)c1cc([N+](=O)[O-])c[nH]1. The van der Waals surface area contributed by atoms with E-state index in [0.29, 0.717) is 13.0 Å². The number of nitro groups is 1. The molecule has 1 atom stereocenters. The van der Waals surface area contributed by atoms with E-state index < -0.39 is 16.8 Å². The van der Waals surface area contributed by atoms with Crippen LogP contribution in [0.5, 0.6) is 0 Å². The van der Waals surface area contributed by atoms with Gasteiger partial charge in [-0.05, 0) is 12.8 Å². The van der Waals surface area contributed by atoms with Crippen molar-refractivity contribution in [2.45, 2.75) is 25.3 Å². The van der Waals surface area contributed by atoms with Gasteiger partial charge in [-0.15, -0.1) is 0 Å². The van der Waals surface area contributed by atoms with E-state index in [0.717, 1.165) is 12.6 Å². The molecule has 1 aromatic heterocycles. The highest BCUT2D eigenvalue weighted by Crippen LogP contribution is 2.23. The predicted molar refractivity (Wildman–Crippen MR) is 63.8 cm³/mol. The fraction of sp³-hybridized carbons (Fsp3) is 0.455. The van der Waals surface area contributed by atoms with Gasteiger partial charge in [0.05, 0.1) is 17.5 Å². The Hall–Kier alpha value is -2.38. The maximum atomic E-state index is 12.2. The van der Waals surface area contributed by atoms with E-state index in [1.807, 2.05) is 0 Å². The topological polar surface area (TPSA) is 117 Å². The number of nitrogens with one attached hydrogen (secondary N) is 1. The lowest BCUT2D eigenvalue weighted by Gasteiger charge is -2.22. The van der Waals surface area contributed by atoms with Crippen molar-refractivity contribution in [3.05, 3.63) is 28.1 Å². The van der Waals surface area contributed by atoms with E-state index in [4.69, 9.17) is 5.11 Å². The van der Waals surface area contributed by atoms with Crippen LogP contribution in [0.2, 0.25) is 0 Å². The van der Waals surface area contributed by atoms with Crippen LogP contribution in [0.25, 0.3) is 0 Å². The Labute approximate surface area is 108 Å². The molecular weight excluding hydrogens is 254 g/mol. The van der Waals surface area contributed by atoms with Gasteiger partial charge in [-0.25, -0.2) is 0 Å². The Morgan fingerprint density at radius 1 is 1.58 bits per heavy atom. The molecule has 1 unspecified atom stereocenters. The Bertz CT molecular complexity index is 524. The van der Waals surface area contributed by atoms with Crippen molar-refractivity contribution in [3.63, 3.8) is 0 Å². The van der Waals surface area contributed by atoms with E-state index in [-0.39, 0.29) is 23.8 Å². The molecular formula is C11H13N3O5. The number of carbonyl (C=O) groups is 2. The van der Waals surface area contributed by atoms with Crippen molar-refractivity contribution >= 4 is 17.6 Å². The lowest BCUT2D eigenvalue weighted by atomic mass is 10.1. The van der Waals surface area contributed by atoms with E-state index in [1.54, 1.807) is 0 Å². The number of aliphatic carboxylic acids is 1. The third-order valence-electron chi connectivity index (χ3n) is 3.16. The van der Waals surface area contributed by atoms with Crippen LogP contribution in [0, 0.1) is 10.1 Å². The highest BCUT2D eigenvalue weighted by Gasteiger charge is 2.32. The molecule has 0 saturated carbocycles. The van der Waals surface area contributed by atoms with Crippen LogP contribution in [0.15, 0.2) is 12.3 Å². The van der Waals surface area contributed by atoms with Crippen molar-refractivity contribution in [2.24, 2.45) is 0 Å². The Balaban J connectivity index is 2.13. The molecule has 19 heavy (non-hydrogen) atoms. The van der Waals surface area contributed by atoms with Crippen LogP contribution in [-0.4, -0.2) is 44.4 Å². The Morgan fingerprint density at radius 2 is 2.32 bits per heavy atom. The van der Waals surface area contributed by atoms with Crippen LogP contribution in [0.1, 0.15) is 29.8 Å². The lowest BCUT2D eigenvalue weighted by Crippen LogP contribution is -2.37. The molecule has 0 spiro atoms. The summed E-state index contributed by atoms with van der Waals surface area (Å²) in [6.07, 6.45) is 2.43. The molecule has 0 aromatic carbocycles. The van der Waals surface area contributed by atoms with Gasteiger partial charge in [0, 0.05) is 18.7 Å².